The molecule has 2 aromatic carbocycles. The van der Waals surface area contributed by atoms with E-state index >= 15 is 0 Å². The third kappa shape index (κ3) is 5.39. The number of phenols is 1. The summed E-state index contributed by atoms with van der Waals surface area (Å²) in [4.78, 5) is 23.5. The molecule has 0 fully saturated rings. The maximum Gasteiger partial charge on any atom is 0.259 e. The Balaban J connectivity index is 1.88. The van der Waals surface area contributed by atoms with Gasteiger partial charge in [0.15, 0.2) is 0 Å². The van der Waals surface area contributed by atoms with E-state index < -0.39 is 17.6 Å². The largest absolute Gasteiger partial charge is 0.507 e. The van der Waals surface area contributed by atoms with E-state index in [2.05, 4.69) is 31.8 Å². The van der Waals surface area contributed by atoms with Crippen molar-refractivity contribution in [1.82, 2.24) is 10.7 Å². The molecule has 2 aromatic rings. The third-order valence-corrected chi connectivity index (χ3v) is 3.64. The molecule has 0 saturated carbocycles. The van der Waals surface area contributed by atoms with Gasteiger partial charge in [-0.25, -0.2) is 9.82 Å². The van der Waals surface area contributed by atoms with Gasteiger partial charge in [-0.1, -0.05) is 22.0 Å². The highest BCUT2D eigenvalue weighted by Crippen LogP contribution is 2.25. The summed E-state index contributed by atoms with van der Waals surface area (Å²) in [7, 11) is 0. The minimum Gasteiger partial charge on any atom is -0.507 e. The Morgan fingerprint density at radius 1 is 1.32 bits per heavy atom. The van der Waals surface area contributed by atoms with Crippen molar-refractivity contribution in [2.75, 3.05) is 6.54 Å². The second-order valence-corrected chi connectivity index (χ2v) is 6.06. The molecule has 6 nitrogen and oxygen atoms in total. The molecular formula is C17H15BrFN3O3. The summed E-state index contributed by atoms with van der Waals surface area (Å²) in [5.74, 6) is -1.61. The molecule has 2 rings (SSSR count). The van der Waals surface area contributed by atoms with E-state index in [1.54, 1.807) is 19.1 Å². The Bertz CT molecular complexity index is 840. The second-order valence-electron chi connectivity index (χ2n) is 5.15. The van der Waals surface area contributed by atoms with E-state index in [-0.39, 0.29) is 17.9 Å². The molecule has 0 radical (unpaired) electrons. The van der Waals surface area contributed by atoms with Crippen molar-refractivity contribution in [3.63, 3.8) is 0 Å². The fourth-order valence-electron chi connectivity index (χ4n) is 1.97. The summed E-state index contributed by atoms with van der Waals surface area (Å²) in [6.07, 6.45) is 1.29. The van der Waals surface area contributed by atoms with E-state index in [1.165, 1.54) is 24.4 Å². The van der Waals surface area contributed by atoms with Gasteiger partial charge < -0.3 is 10.4 Å². The van der Waals surface area contributed by atoms with Crippen molar-refractivity contribution in [3.8, 4) is 5.75 Å². The molecule has 8 heteroatoms. The lowest BCUT2D eigenvalue weighted by Crippen LogP contribution is -2.34. The number of phenolic OH excluding ortho intramolecular Hbond substituents is 1. The Morgan fingerprint density at radius 3 is 2.80 bits per heavy atom. The number of aryl methyl sites for hydroxylation is 1. The number of carbonyl (C=O) groups excluding carboxylic acids is 2. The Kier molecular flexibility index (Phi) is 6.24. The van der Waals surface area contributed by atoms with Crippen molar-refractivity contribution in [3.05, 3.63) is 63.4 Å². The predicted molar refractivity (Wildman–Crippen MR) is 95.0 cm³/mol. The third-order valence-electron chi connectivity index (χ3n) is 3.18. The first-order chi connectivity index (χ1) is 11.9. The zero-order chi connectivity index (χ0) is 18.4. The van der Waals surface area contributed by atoms with Crippen LogP contribution in [0.1, 0.15) is 21.5 Å². The molecule has 0 unspecified atom stereocenters. The number of hydrogen-bond acceptors (Lipinski definition) is 4. The molecular weight excluding hydrogens is 393 g/mol. The molecule has 3 N–H and O–H groups in total. The van der Waals surface area contributed by atoms with Crippen molar-refractivity contribution in [2.45, 2.75) is 6.92 Å². The van der Waals surface area contributed by atoms with Crippen LogP contribution < -0.4 is 10.7 Å². The van der Waals surface area contributed by atoms with Gasteiger partial charge in [0.05, 0.1) is 12.8 Å². The molecule has 0 aromatic heterocycles. The lowest BCUT2D eigenvalue weighted by molar-refractivity contribution is -0.120. The molecule has 0 aliphatic carbocycles. The molecule has 0 heterocycles. The van der Waals surface area contributed by atoms with E-state index in [4.69, 9.17) is 0 Å². The molecule has 0 aliphatic rings. The molecule has 0 atom stereocenters. The average Bonchev–Trinajstić information content (AvgIpc) is 2.57. The maximum atomic E-state index is 13.0. The number of rotatable bonds is 5. The van der Waals surface area contributed by atoms with Crippen molar-refractivity contribution in [2.24, 2.45) is 5.10 Å². The Labute approximate surface area is 151 Å². The van der Waals surface area contributed by atoms with Gasteiger partial charge in [-0.15, -0.1) is 0 Å². The normalized spacial score (nSPS) is 10.7. The van der Waals surface area contributed by atoms with Crippen molar-refractivity contribution >= 4 is 34.0 Å². The van der Waals surface area contributed by atoms with Crippen LogP contribution in [0.2, 0.25) is 0 Å². The quantitative estimate of drug-likeness (QED) is 0.525. The van der Waals surface area contributed by atoms with Crippen LogP contribution in [-0.4, -0.2) is 29.7 Å². The van der Waals surface area contributed by atoms with Crippen LogP contribution in [0.15, 0.2) is 46.0 Å². The lowest BCUT2D eigenvalue weighted by Gasteiger charge is -2.05. The number of halogens is 2. The van der Waals surface area contributed by atoms with E-state index in [9.17, 15) is 19.1 Å². The predicted octanol–water partition coefficient (Wildman–Crippen LogP) is 2.48. The molecule has 0 aliphatic heterocycles. The van der Waals surface area contributed by atoms with E-state index in [0.29, 0.717) is 11.1 Å². The fraction of sp³-hybridized carbons (Fsp3) is 0.118. The van der Waals surface area contributed by atoms with Gasteiger partial charge in [0.25, 0.3) is 11.8 Å². The average molecular weight is 408 g/mol. The van der Waals surface area contributed by atoms with Gasteiger partial charge in [0, 0.05) is 15.6 Å². The minimum atomic E-state index is -0.570. The number of nitrogens with one attached hydrogen (secondary N) is 2. The highest BCUT2D eigenvalue weighted by Gasteiger charge is 2.08. The van der Waals surface area contributed by atoms with Crippen molar-refractivity contribution in [1.29, 1.82) is 0 Å². The van der Waals surface area contributed by atoms with Gasteiger partial charge >= 0.3 is 0 Å². The molecule has 130 valence electrons. The summed E-state index contributed by atoms with van der Waals surface area (Å²) >= 11 is 3.30. The molecule has 2 amide bonds. The van der Waals surface area contributed by atoms with Crippen molar-refractivity contribution < 1.29 is 19.1 Å². The monoisotopic (exact) mass is 407 g/mol. The lowest BCUT2D eigenvalue weighted by atomic mass is 10.1. The van der Waals surface area contributed by atoms with Gasteiger partial charge in [-0.2, -0.15) is 5.10 Å². The van der Waals surface area contributed by atoms with Gasteiger partial charge in [0.2, 0.25) is 0 Å². The van der Waals surface area contributed by atoms with Crippen LogP contribution >= 0.6 is 15.9 Å². The summed E-state index contributed by atoms with van der Waals surface area (Å²) < 4.78 is 13.8. The summed E-state index contributed by atoms with van der Waals surface area (Å²) in [6, 6.07) is 8.52. The molecule has 0 spiro atoms. The standard InChI is InChI=1S/C17H15BrFN3O3/c1-10-5-13(18)6-12(16(10)24)8-21-22-15(23)9-20-17(25)11-3-2-4-14(19)7-11/h2-8,24H,9H2,1H3,(H,20,25)(H,22,23)/b21-8+. The topological polar surface area (TPSA) is 90.8 Å². The van der Waals surface area contributed by atoms with Crippen LogP contribution in [0.3, 0.4) is 0 Å². The van der Waals surface area contributed by atoms with Gasteiger partial charge in [0.1, 0.15) is 11.6 Å². The number of nitrogens with zero attached hydrogens (tertiary/aromatic N) is 1. The summed E-state index contributed by atoms with van der Waals surface area (Å²) in [6.45, 7) is 1.41. The summed E-state index contributed by atoms with van der Waals surface area (Å²) in [5.41, 5.74) is 3.43. The molecule has 25 heavy (non-hydrogen) atoms. The van der Waals surface area contributed by atoms with Crippen LogP contribution in [0.25, 0.3) is 0 Å². The number of hydrazone groups is 1. The molecule has 0 bridgehead atoms. The first-order valence-electron chi connectivity index (χ1n) is 7.21. The molecule has 0 saturated heterocycles. The Hall–Kier alpha value is -2.74. The first kappa shape index (κ1) is 18.6. The van der Waals surface area contributed by atoms with Crippen LogP contribution in [0.4, 0.5) is 4.39 Å². The smallest absolute Gasteiger partial charge is 0.259 e. The zero-order valence-corrected chi connectivity index (χ0v) is 14.8. The Morgan fingerprint density at radius 2 is 2.08 bits per heavy atom. The second kappa shape index (κ2) is 8.39. The number of benzene rings is 2. The minimum absolute atomic E-state index is 0.0561. The van der Waals surface area contributed by atoms with Gasteiger partial charge in [-0.05, 0) is 42.8 Å². The highest BCUT2D eigenvalue weighted by molar-refractivity contribution is 9.10. The number of amides is 2. The SMILES string of the molecule is Cc1cc(Br)cc(/C=N/NC(=O)CNC(=O)c2cccc(F)c2)c1O. The first-order valence-corrected chi connectivity index (χ1v) is 8.01. The summed E-state index contributed by atoms with van der Waals surface area (Å²) in [5, 5.41) is 16.0. The number of carbonyl (C=O) groups is 2. The van der Waals surface area contributed by atoms with Crippen LogP contribution in [0.5, 0.6) is 5.75 Å². The van der Waals surface area contributed by atoms with Crippen LogP contribution in [0, 0.1) is 12.7 Å². The van der Waals surface area contributed by atoms with E-state index in [1.807, 2.05) is 0 Å². The zero-order valence-electron chi connectivity index (χ0n) is 13.2. The number of hydrogen-bond donors (Lipinski definition) is 3. The number of aromatic hydroxyl groups is 1. The van der Waals surface area contributed by atoms with E-state index in [0.717, 1.165) is 10.5 Å². The van der Waals surface area contributed by atoms with Crippen LogP contribution in [-0.2, 0) is 4.79 Å². The maximum absolute atomic E-state index is 13.0. The highest BCUT2D eigenvalue weighted by atomic mass is 79.9. The fourth-order valence-corrected chi connectivity index (χ4v) is 2.56. The van der Waals surface area contributed by atoms with Gasteiger partial charge in [-0.3, -0.25) is 9.59 Å².